The molecule has 20 heavy (non-hydrogen) atoms. The van der Waals surface area contributed by atoms with Crippen LogP contribution in [-0.4, -0.2) is 5.38 Å². The molecular formula is C19H33Cl. The van der Waals surface area contributed by atoms with E-state index in [-0.39, 0.29) is 0 Å². The van der Waals surface area contributed by atoms with Crippen LogP contribution in [0.4, 0.5) is 0 Å². The van der Waals surface area contributed by atoms with Crippen molar-refractivity contribution in [3.8, 4) is 0 Å². The Morgan fingerprint density at radius 1 is 0.550 bits per heavy atom. The Bertz CT molecular complexity index is 257. The van der Waals surface area contributed by atoms with Gasteiger partial charge in [0.1, 0.15) is 0 Å². The second-order valence-corrected chi connectivity index (χ2v) is 8.40. The van der Waals surface area contributed by atoms with E-state index >= 15 is 0 Å². The lowest BCUT2D eigenvalue weighted by molar-refractivity contribution is 0.0695. The monoisotopic (exact) mass is 296 g/mol. The third-order valence-electron chi connectivity index (χ3n) is 6.61. The molecule has 116 valence electrons. The second-order valence-electron chi connectivity index (χ2n) is 7.84. The maximum absolute atomic E-state index is 6.82. The number of hydrogen-bond acceptors (Lipinski definition) is 0. The first kappa shape index (κ1) is 15.2. The molecule has 3 fully saturated rings. The van der Waals surface area contributed by atoms with Crippen molar-refractivity contribution in [1.29, 1.82) is 0 Å². The maximum Gasteiger partial charge on any atom is 0.0367 e. The molecule has 3 saturated carbocycles. The summed E-state index contributed by atoms with van der Waals surface area (Å²) < 4.78 is 0. The van der Waals surface area contributed by atoms with Gasteiger partial charge in [-0.1, -0.05) is 77.0 Å². The van der Waals surface area contributed by atoms with Gasteiger partial charge >= 0.3 is 0 Å². The minimum Gasteiger partial charge on any atom is -0.123 e. The summed E-state index contributed by atoms with van der Waals surface area (Å²) in [5.74, 6) is 3.89. The predicted molar refractivity (Wildman–Crippen MR) is 88.2 cm³/mol. The summed E-state index contributed by atoms with van der Waals surface area (Å²) in [6, 6.07) is 0. The van der Waals surface area contributed by atoms with Crippen LogP contribution in [0.25, 0.3) is 0 Å². The van der Waals surface area contributed by atoms with Crippen molar-refractivity contribution in [2.45, 2.75) is 95.3 Å². The molecule has 3 aliphatic carbocycles. The van der Waals surface area contributed by atoms with Crippen LogP contribution < -0.4 is 0 Å². The molecule has 0 spiro atoms. The fourth-order valence-electron chi connectivity index (χ4n) is 5.67. The van der Waals surface area contributed by atoms with E-state index in [9.17, 15) is 0 Å². The molecule has 0 aliphatic heterocycles. The van der Waals surface area contributed by atoms with E-state index in [0.29, 0.717) is 5.38 Å². The largest absolute Gasteiger partial charge is 0.123 e. The summed E-state index contributed by atoms with van der Waals surface area (Å²) in [5, 5.41) is 0.498. The van der Waals surface area contributed by atoms with Crippen LogP contribution in [0.3, 0.4) is 0 Å². The van der Waals surface area contributed by atoms with Gasteiger partial charge in [0.25, 0.3) is 0 Å². The molecule has 1 heteroatoms. The highest BCUT2D eigenvalue weighted by atomic mass is 35.5. The van der Waals surface area contributed by atoms with E-state index in [4.69, 9.17) is 11.6 Å². The number of alkyl halides is 1. The van der Waals surface area contributed by atoms with Gasteiger partial charge in [-0.25, -0.2) is 0 Å². The molecule has 0 N–H and O–H groups in total. The average Bonchev–Trinajstić information content (AvgIpc) is 2.52. The smallest absolute Gasteiger partial charge is 0.0367 e. The normalized spacial score (nSPS) is 34.5. The van der Waals surface area contributed by atoms with Crippen LogP contribution in [-0.2, 0) is 0 Å². The van der Waals surface area contributed by atoms with Crippen molar-refractivity contribution in [3.63, 3.8) is 0 Å². The van der Waals surface area contributed by atoms with Crippen LogP contribution in [0.1, 0.15) is 89.9 Å². The molecule has 3 rings (SSSR count). The van der Waals surface area contributed by atoms with Gasteiger partial charge in [-0.15, -0.1) is 11.6 Å². The average molecular weight is 297 g/mol. The number of rotatable bonds is 3. The van der Waals surface area contributed by atoms with Gasteiger partial charge < -0.3 is 0 Å². The molecule has 0 bridgehead atoms. The van der Waals surface area contributed by atoms with Gasteiger partial charge in [0.2, 0.25) is 0 Å². The molecule has 0 heterocycles. The lowest BCUT2D eigenvalue weighted by Crippen LogP contribution is -2.38. The van der Waals surface area contributed by atoms with Crippen molar-refractivity contribution in [3.05, 3.63) is 0 Å². The zero-order valence-corrected chi connectivity index (χ0v) is 13.9. The van der Waals surface area contributed by atoms with Gasteiger partial charge in [0.05, 0.1) is 0 Å². The molecule has 0 aromatic heterocycles. The Balaban J connectivity index is 1.73. The first-order chi connectivity index (χ1) is 9.86. The Hall–Kier alpha value is 0.290. The Labute approximate surface area is 131 Å². The molecular weight excluding hydrogens is 264 g/mol. The third kappa shape index (κ3) is 3.54. The summed E-state index contributed by atoms with van der Waals surface area (Å²) in [4.78, 5) is 0. The fourth-order valence-corrected chi connectivity index (χ4v) is 6.12. The summed E-state index contributed by atoms with van der Waals surface area (Å²) in [7, 11) is 0. The van der Waals surface area contributed by atoms with Crippen LogP contribution in [0.2, 0.25) is 0 Å². The summed E-state index contributed by atoms with van der Waals surface area (Å²) >= 11 is 6.82. The molecule has 3 aliphatic rings. The minimum absolute atomic E-state index is 0.498. The van der Waals surface area contributed by atoms with Crippen LogP contribution >= 0.6 is 11.6 Å². The van der Waals surface area contributed by atoms with Crippen LogP contribution in [0.15, 0.2) is 0 Å². The highest BCUT2D eigenvalue weighted by Crippen LogP contribution is 2.48. The van der Waals surface area contributed by atoms with E-state index in [1.807, 2.05) is 0 Å². The molecule has 0 aromatic rings. The van der Waals surface area contributed by atoms with E-state index in [1.165, 1.54) is 89.9 Å². The lowest BCUT2D eigenvalue weighted by Gasteiger charge is -2.45. The molecule has 0 amide bonds. The summed E-state index contributed by atoms with van der Waals surface area (Å²) in [6.07, 6.45) is 20.6. The first-order valence-electron chi connectivity index (χ1n) is 9.50. The SMILES string of the molecule is Cl[C@@H]1CCCC[C@H]1C(C1CCCCC1)C1CCCCC1. The Morgan fingerprint density at radius 3 is 1.50 bits per heavy atom. The third-order valence-corrected chi connectivity index (χ3v) is 7.16. The van der Waals surface area contributed by atoms with Gasteiger partial charge in [0.15, 0.2) is 0 Å². The highest BCUT2D eigenvalue weighted by Gasteiger charge is 2.40. The molecule has 0 aromatic carbocycles. The van der Waals surface area contributed by atoms with Gasteiger partial charge in [0, 0.05) is 5.38 Å². The van der Waals surface area contributed by atoms with Gasteiger partial charge in [-0.05, 0) is 36.5 Å². The summed E-state index contributed by atoms with van der Waals surface area (Å²) in [5.41, 5.74) is 0. The first-order valence-corrected chi connectivity index (χ1v) is 9.94. The summed E-state index contributed by atoms with van der Waals surface area (Å²) in [6.45, 7) is 0. The van der Waals surface area contributed by atoms with Crippen molar-refractivity contribution in [2.75, 3.05) is 0 Å². The van der Waals surface area contributed by atoms with Crippen molar-refractivity contribution < 1.29 is 0 Å². The van der Waals surface area contributed by atoms with Crippen LogP contribution in [0.5, 0.6) is 0 Å². The zero-order valence-electron chi connectivity index (χ0n) is 13.2. The molecule has 0 nitrogen and oxygen atoms in total. The lowest BCUT2D eigenvalue weighted by atomic mass is 9.62. The molecule has 0 unspecified atom stereocenters. The minimum atomic E-state index is 0.498. The predicted octanol–water partition coefficient (Wildman–Crippen LogP) is 6.56. The quantitative estimate of drug-likeness (QED) is 0.517. The topological polar surface area (TPSA) is 0 Å². The fraction of sp³-hybridized carbons (Fsp3) is 1.00. The van der Waals surface area contributed by atoms with Crippen molar-refractivity contribution >= 4 is 11.6 Å². The Morgan fingerprint density at radius 2 is 1.00 bits per heavy atom. The van der Waals surface area contributed by atoms with E-state index in [2.05, 4.69) is 0 Å². The van der Waals surface area contributed by atoms with E-state index in [0.717, 1.165) is 23.7 Å². The standard InChI is InChI=1S/C19H33Cl/c20-18-14-8-7-13-17(18)19(15-9-3-1-4-10-15)16-11-5-2-6-12-16/h15-19H,1-14H2/t17-,18-/m1/s1. The zero-order chi connectivity index (χ0) is 13.8. The highest BCUT2D eigenvalue weighted by molar-refractivity contribution is 6.20. The number of halogens is 1. The van der Waals surface area contributed by atoms with Crippen molar-refractivity contribution in [1.82, 2.24) is 0 Å². The Kier molecular flexibility index (Phi) is 5.72. The molecule has 0 saturated heterocycles. The van der Waals surface area contributed by atoms with Crippen molar-refractivity contribution in [2.24, 2.45) is 23.7 Å². The number of hydrogen-bond donors (Lipinski definition) is 0. The molecule has 0 radical (unpaired) electrons. The van der Waals surface area contributed by atoms with Crippen LogP contribution in [0, 0.1) is 23.7 Å². The van der Waals surface area contributed by atoms with E-state index in [1.54, 1.807) is 0 Å². The maximum atomic E-state index is 6.82. The molecule has 2 atom stereocenters. The van der Waals surface area contributed by atoms with Gasteiger partial charge in [-0.3, -0.25) is 0 Å². The second kappa shape index (κ2) is 7.52. The van der Waals surface area contributed by atoms with E-state index < -0.39 is 0 Å². The van der Waals surface area contributed by atoms with Gasteiger partial charge in [-0.2, -0.15) is 0 Å².